The lowest BCUT2D eigenvalue weighted by Gasteiger charge is -1.86. The highest BCUT2D eigenvalue weighted by Crippen LogP contribution is 1.80. The van der Waals surface area contributed by atoms with Gasteiger partial charge in [-0.05, 0) is 6.92 Å². The molecule has 6 heteroatoms. The van der Waals surface area contributed by atoms with Gasteiger partial charge in [-0.3, -0.25) is 9.59 Å². The Morgan fingerprint density at radius 2 is 1.57 bits per heavy atom. The van der Waals surface area contributed by atoms with E-state index >= 15 is 0 Å². The average Bonchev–Trinajstić information content (AvgIpc) is 2.04. The molecule has 0 amide bonds. The van der Waals surface area contributed by atoms with Gasteiger partial charge in [0.1, 0.15) is 12.2 Å². The standard InChI is InChI=1S/C4H6O3.2C2H5O.Al.H/c1-3(5)2-4(6)7;2*1-2-3;;/h2H2,1H3,(H,6,7);2*3H,1-2H2;;. The third kappa shape index (κ3) is 22.6. The predicted molar refractivity (Wildman–Crippen MR) is 53.9 cm³/mol. The van der Waals surface area contributed by atoms with Crippen LogP contribution in [-0.2, 0) is 9.59 Å². The van der Waals surface area contributed by atoms with E-state index in [2.05, 4.69) is 0 Å². The van der Waals surface area contributed by atoms with Crippen LogP contribution >= 0.6 is 0 Å². The fraction of sp³-hybridized carbons (Fsp3) is 0.750. The summed E-state index contributed by atoms with van der Waals surface area (Å²) in [6.07, 6.45) is -0.361. The van der Waals surface area contributed by atoms with Crippen LogP contribution in [0.1, 0.15) is 13.3 Å². The van der Waals surface area contributed by atoms with Crippen molar-refractivity contribution in [3.05, 3.63) is 0 Å². The molecule has 5 nitrogen and oxygen atoms in total. The van der Waals surface area contributed by atoms with E-state index in [0.717, 1.165) is 10.6 Å². The van der Waals surface area contributed by atoms with Gasteiger partial charge in [-0.2, -0.15) is 0 Å². The second-order valence-corrected chi connectivity index (χ2v) is 4.90. The molecule has 0 bridgehead atoms. The number of hydrogen-bond donors (Lipinski definition) is 3. The Hall–Kier alpha value is -0.408. The van der Waals surface area contributed by atoms with Gasteiger partial charge in [-0.15, -0.1) is 0 Å². The van der Waals surface area contributed by atoms with Crippen molar-refractivity contribution in [2.24, 2.45) is 0 Å². The zero-order chi connectivity index (χ0) is 11.4. The highest BCUT2D eigenvalue weighted by Gasteiger charge is 1.98. The quantitative estimate of drug-likeness (QED) is 0.312. The number of Topliss-reactive ketones (excluding diaryl/α,β-unsaturated/α-hetero) is 1. The van der Waals surface area contributed by atoms with Gasteiger partial charge in [-0.1, -0.05) is 10.6 Å². The molecule has 14 heavy (non-hydrogen) atoms. The van der Waals surface area contributed by atoms with Crippen LogP contribution in [0, 0.1) is 0 Å². The maximum Gasteiger partial charge on any atom is 0.310 e. The van der Waals surface area contributed by atoms with Gasteiger partial charge in [0, 0.05) is 13.2 Å². The van der Waals surface area contributed by atoms with Crippen molar-refractivity contribution in [3.8, 4) is 0 Å². The molecular weight excluding hydrogens is 203 g/mol. The van der Waals surface area contributed by atoms with Crippen molar-refractivity contribution in [2.45, 2.75) is 23.9 Å². The van der Waals surface area contributed by atoms with Gasteiger partial charge < -0.3 is 15.3 Å². The maximum atomic E-state index is 9.87. The first kappa shape index (κ1) is 16.0. The van der Waals surface area contributed by atoms with E-state index in [1.807, 2.05) is 0 Å². The van der Waals surface area contributed by atoms with Crippen molar-refractivity contribution in [1.82, 2.24) is 0 Å². The topological polar surface area (TPSA) is 94.8 Å². The Bertz CT molecular complexity index is 144. The van der Waals surface area contributed by atoms with Crippen LogP contribution in [0.2, 0.25) is 10.6 Å². The first-order chi connectivity index (χ1) is 6.54. The molecule has 0 rings (SSSR count). The van der Waals surface area contributed by atoms with Gasteiger partial charge in [0.05, 0.1) is 0 Å². The molecule has 3 N–H and O–H groups in total. The second-order valence-electron chi connectivity index (χ2n) is 2.78. The summed E-state index contributed by atoms with van der Waals surface area (Å²) in [5, 5.41) is 26.3. The number of carbonyl (C=O) groups excluding carboxylic acids is 1. The largest absolute Gasteiger partial charge is 0.481 e. The third-order valence-corrected chi connectivity index (χ3v) is 2.85. The van der Waals surface area contributed by atoms with Crippen LogP contribution in [0.5, 0.6) is 0 Å². The molecule has 82 valence electrons. The molecule has 0 aromatic rings. The van der Waals surface area contributed by atoms with Crippen LogP contribution in [0.3, 0.4) is 0 Å². The minimum Gasteiger partial charge on any atom is -0.481 e. The Morgan fingerprint density at radius 1 is 1.14 bits per heavy atom. The van der Waals surface area contributed by atoms with Crippen molar-refractivity contribution < 1.29 is 24.9 Å². The van der Waals surface area contributed by atoms with Crippen molar-refractivity contribution in [1.29, 1.82) is 0 Å². The SMILES string of the molecule is CC(=O)CC(=O)O.OC[CH2][AlH][CH2]CO. The van der Waals surface area contributed by atoms with Crippen LogP contribution < -0.4 is 0 Å². The number of hydrogen-bond acceptors (Lipinski definition) is 4. The van der Waals surface area contributed by atoms with E-state index in [1.54, 1.807) is 0 Å². The number of ketones is 1. The zero-order valence-electron chi connectivity index (χ0n) is 8.40. The summed E-state index contributed by atoms with van der Waals surface area (Å²) in [5.74, 6) is -1.37. The van der Waals surface area contributed by atoms with Gasteiger partial charge in [-0.25, -0.2) is 0 Å². The second kappa shape index (κ2) is 12.6. The van der Waals surface area contributed by atoms with E-state index in [-0.39, 0.29) is 27.4 Å². The zero-order valence-corrected chi connectivity index (χ0v) is 9.81. The van der Waals surface area contributed by atoms with E-state index in [4.69, 9.17) is 15.3 Å². The number of aliphatic carboxylic acids is 1. The number of aliphatic hydroxyl groups is 2. The maximum absolute atomic E-state index is 9.87. The average molecular weight is 220 g/mol. The molecule has 0 aromatic heterocycles. The van der Waals surface area contributed by atoms with E-state index < -0.39 is 5.97 Å². The highest BCUT2D eigenvalue weighted by atomic mass is 27.1. The summed E-state index contributed by atoms with van der Waals surface area (Å²) in [6.45, 7) is 1.87. The fourth-order valence-corrected chi connectivity index (χ4v) is 1.41. The first-order valence-corrected chi connectivity index (χ1v) is 6.47. The van der Waals surface area contributed by atoms with Crippen molar-refractivity contribution in [3.63, 3.8) is 0 Å². The molecule has 0 aliphatic rings. The molecule has 0 fully saturated rings. The molecule has 0 aliphatic carbocycles. The van der Waals surface area contributed by atoms with Gasteiger partial charge in [0.15, 0.2) is 0 Å². The number of rotatable bonds is 6. The molecule has 0 spiro atoms. The third-order valence-electron chi connectivity index (χ3n) is 1.22. The van der Waals surface area contributed by atoms with E-state index in [0.29, 0.717) is 13.2 Å². The number of aliphatic hydroxyl groups excluding tert-OH is 2. The van der Waals surface area contributed by atoms with E-state index in [9.17, 15) is 9.59 Å². The van der Waals surface area contributed by atoms with Crippen molar-refractivity contribution >= 4 is 27.0 Å². The highest BCUT2D eigenvalue weighted by molar-refractivity contribution is 6.35. The Balaban J connectivity index is 0. The van der Waals surface area contributed by atoms with Gasteiger partial charge in [0.25, 0.3) is 0 Å². The molecule has 0 heterocycles. The van der Waals surface area contributed by atoms with Gasteiger partial charge >= 0.3 is 5.97 Å². The monoisotopic (exact) mass is 220 g/mol. The summed E-state index contributed by atoms with van der Waals surface area (Å²) >= 11 is -0.0887. The number of carbonyl (C=O) groups is 2. The van der Waals surface area contributed by atoms with E-state index in [1.165, 1.54) is 6.92 Å². The predicted octanol–water partition coefficient (Wildman–Crippen LogP) is -0.706. The molecule has 0 aliphatic heterocycles. The van der Waals surface area contributed by atoms with Crippen LogP contribution in [-0.4, -0.2) is 55.5 Å². The summed E-state index contributed by atoms with van der Waals surface area (Å²) in [4.78, 5) is 19.5. The molecule has 0 radical (unpaired) electrons. The minimum atomic E-state index is -1.06. The summed E-state index contributed by atoms with van der Waals surface area (Å²) < 4.78 is 0. The fourth-order valence-electron chi connectivity index (χ4n) is 0.613. The van der Waals surface area contributed by atoms with Gasteiger partial charge in [0.2, 0.25) is 15.2 Å². The summed E-state index contributed by atoms with van der Waals surface area (Å²) in [7, 11) is 0. The van der Waals surface area contributed by atoms with Crippen LogP contribution in [0.15, 0.2) is 0 Å². The minimum absolute atomic E-state index is 0.0887. The molecule has 0 saturated carbocycles. The smallest absolute Gasteiger partial charge is 0.310 e. The Kier molecular flexibility index (Phi) is 14.4. The molecular formula is C8H17AlO5. The molecule has 0 unspecified atom stereocenters. The number of carboxylic acid groups (broad SMARTS) is 1. The summed E-state index contributed by atoms with van der Waals surface area (Å²) in [6, 6.07) is 0. The summed E-state index contributed by atoms with van der Waals surface area (Å²) in [5.41, 5.74) is 0. The lowest BCUT2D eigenvalue weighted by atomic mass is 10.3. The molecule has 0 saturated heterocycles. The molecule has 0 atom stereocenters. The Morgan fingerprint density at radius 3 is 1.71 bits per heavy atom. The Labute approximate surface area is 89.5 Å². The van der Waals surface area contributed by atoms with Crippen LogP contribution in [0.25, 0.3) is 0 Å². The lowest BCUT2D eigenvalue weighted by Crippen LogP contribution is -2.00. The number of carboxylic acids is 1. The van der Waals surface area contributed by atoms with Crippen LogP contribution in [0.4, 0.5) is 0 Å². The molecule has 0 aromatic carbocycles. The van der Waals surface area contributed by atoms with Crippen molar-refractivity contribution in [2.75, 3.05) is 13.2 Å². The normalized spacial score (nSPS) is 8.50. The lowest BCUT2D eigenvalue weighted by molar-refractivity contribution is -0.139. The first-order valence-electron chi connectivity index (χ1n) is 4.47.